The zero-order valence-electron chi connectivity index (χ0n) is 9.24. The van der Waals surface area contributed by atoms with E-state index in [1.165, 1.54) is 12.8 Å². The number of piperidine rings is 1. The molecule has 2 N–H and O–H groups in total. The van der Waals surface area contributed by atoms with Gasteiger partial charge in [-0.25, -0.2) is 10.4 Å². The fourth-order valence-electron chi connectivity index (χ4n) is 2.82. The summed E-state index contributed by atoms with van der Waals surface area (Å²) >= 11 is 0. The topological polar surface area (TPSA) is 35.5 Å². The zero-order chi connectivity index (χ0) is 10.1. The number of nitrogens with one attached hydrogen (secondary N) is 1. The van der Waals surface area contributed by atoms with E-state index in [1.807, 2.05) is 0 Å². The largest absolute Gasteiger partial charge is 0.377 e. The molecule has 5 unspecified atom stereocenters. The summed E-state index contributed by atoms with van der Waals surface area (Å²) in [5, 5.41) is 12.0. The summed E-state index contributed by atoms with van der Waals surface area (Å²) in [5.41, 5.74) is 3.43. The van der Waals surface area contributed by atoms with Crippen molar-refractivity contribution in [3.8, 4) is 0 Å². The van der Waals surface area contributed by atoms with Crippen molar-refractivity contribution >= 4 is 0 Å². The van der Waals surface area contributed by atoms with E-state index in [2.05, 4.69) is 24.3 Å². The predicted molar refractivity (Wildman–Crippen MR) is 56.4 cm³/mol. The quantitative estimate of drug-likeness (QED) is 0.703. The molecule has 2 aliphatic rings. The summed E-state index contributed by atoms with van der Waals surface area (Å²) < 4.78 is 0. The van der Waals surface area contributed by atoms with Crippen molar-refractivity contribution in [3.05, 3.63) is 0 Å². The van der Waals surface area contributed by atoms with Crippen molar-refractivity contribution in [2.45, 2.75) is 51.8 Å². The van der Waals surface area contributed by atoms with Gasteiger partial charge in [0.2, 0.25) is 0 Å². The van der Waals surface area contributed by atoms with Gasteiger partial charge in [-0.05, 0) is 25.2 Å². The molecule has 3 heteroatoms. The maximum absolute atomic E-state index is 9.98. The molecular weight excluding hydrogens is 176 g/mol. The summed E-state index contributed by atoms with van der Waals surface area (Å²) in [5.74, 6) is 1.27. The van der Waals surface area contributed by atoms with E-state index < -0.39 is 0 Å². The lowest BCUT2D eigenvalue weighted by atomic mass is 9.81. The summed E-state index contributed by atoms with van der Waals surface area (Å²) in [7, 11) is 0. The number of aliphatic hydroxyl groups excluding tert-OH is 1. The van der Waals surface area contributed by atoms with Gasteiger partial charge >= 0.3 is 0 Å². The van der Waals surface area contributed by atoms with Crippen LogP contribution in [0.25, 0.3) is 0 Å². The van der Waals surface area contributed by atoms with Crippen molar-refractivity contribution in [1.82, 2.24) is 10.4 Å². The van der Waals surface area contributed by atoms with Gasteiger partial charge in [0.25, 0.3) is 0 Å². The average molecular weight is 198 g/mol. The minimum absolute atomic E-state index is 0.236. The highest BCUT2D eigenvalue weighted by atomic mass is 16.3. The van der Waals surface area contributed by atoms with Crippen LogP contribution in [-0.4, -0.2) is 28.9 Å². The van der Waals surface area contributed by atoms with Gasteiger partial charge in [-0.15, -0.1) is 0 Å². The van der Waals surface area contributed by atoms with Crippen LogP contribution >= 0.6 is 0 Å². The van der Waals surface area contributed by atoms with Crippen LogP contribution < -0.4 is 5.43 Å². The molecule has 0 aliphatic carbocycles. The van der Waals surface area contributed by atoms with Crippen LogP contribution in [0.1, 0.15) is 39.5 Å². The highest BCUT2D eigenvalue weighted by molar-refractivity contribution is 4.87. The SMILES string of the molecule is CCC1CC2CC(CC)NN(C1)C2O. The summed E-state index contributed by atoms with van der Waals surface area (Å²) in [6, 6.07) is 0.584. The molecule has 2 bridgehead atoms. The molecule has 0 aromatic heterocycles. The Bertz CT molecular complexity index is 166. The van der Waals surface area contributed by atoms with Gasteiger partial charge in [0.05, 0.1) is 0 Å². The van der Waals surface area contributed by atoms with Crippen molar-refractivity contribution in [1.29, 1.82) is 0 Å². The maximum Gasteiger partial charge on any atom is 0.122 e. The number of hydrogen-bond acceptors (Lipinski definition) is 3. The normalized spacial score (nSPS) is 47.8. The number of aliphatic hydroxyl groups is 1. The molecule has 14 heavy (non-hydrogen) atoms. The fraction of sp³-hybridized carbons (Fsp3) is 1.00. The molecular formula is C11H22N2O. The second-order valence-electron chi connectivity index (χ2n) is 4.81. The van der Waals surface area contributed by atoms with Gasteiger partial charge in [-0.2, -0.15) is 0 Å². The Morgan fingerprint density at radius 2 is 2.07 bits per heavy atom. The lowest BCUT2D eigenvalue weighted by Crippen LogP contribution is -2.62. The van der Waals surface area contributed by atoms with Crippen LogP contribution in [0.2, 0.25) is 0 Å². The number of fused-ring (bicyclic) bond motifs is 2. The van der Waals surface area contributed by atoms with E-state index in [0.717, 1.165) is 25.3 Å². The average Bonchev–Trinajstić information content (AvgIpc) is 2.17. The molecule has 0 amide bonds. The Hall–Kier alpha value is -0.120. The molecule has 2 heterocycles. The molecule has 0 aromatic rings. The first-order valence-corrected chi connectivity index (χ1v) is 5.95. The molecule has 0 spiro atoms. The molecule has 0 saturated carbocycles. The lowest BCUT2D eigenvalue weighted by Gasteiger charge is -2.48. The lowest BCUT2D eigenvalue weighted by molar-refractivity contribution is -0.150. The number of rotatable bonds is 2. The van der Waals surface area contributed by atoms with E-state index in [-0.39, 0.29) is 6.23 Å². The van der Waals surface area contributed by atoms with E-state index in [4.69, 9.17) is 0 Å². The standard InChI is InChI=1S/C11H22N2O/c1-3-8-5-9-6-10(4-2)12-13(7-8)11(9)14/h8-12,14H,3-7H2,1-2H3. The van der Waals surface area contributed by atoms with Gasteiger partial charge in [-0.3, -0.25) is 0 Å². The monoisotopic (exact) mass is 198 g/mol. The Kier molecular flexibility index (Phi) is 3.10. The molecule has 0 aromatic carbocycles. The minimum atomic E-state index is -0.236. The Morgan fingerprint density at radius 1 is 1.29 bits per heavy atom. The fourth-order valence-corrected chi connectivity index (χ4v) is 2.82. The van der Waals surface area contributed by atoms with Crippen LogP contribution in [-0.2, 0) is 0 Å². The zero-order valence-corrected chi connectivity index (χ0v) is 9.24. The van der Waals surface area contributed by atoms with Crippen molar-refractivity contribution in [2.24, 2.45) is 11.8 Å². The third-order valence-corrected chi connectivity index (χ3v) is 3.84. The van der Waals surface area contributed by atoms with Crippen LogP contribution in [0.5, 0.6) is 0 Å². The molecule has 5 atom stereocenters. The van der Waals surface area contributed by atoms with Crippen LogP contribution in [0.3, 0.4) is 0 Å². The van der Waals surface area contributed by atoms with Gasteiger partial charge in [0.15, 0.2) is 0 Å². The highest BCUT2D eigenvalue weighted by Crippen LogP contribution is 2.34. The maximum atomic E-state index is 9.98. The van der Waals surface area contributed by atoms with Crippen molar-refractivity contribution in [2.75, 3.05) is 6.54 Å². The molecule has 2 fully saturated rings. The van der Waals surface area contributed by atoms with E-state index in [0.29, 0.717) is 12.0 Å². The Morgan fingerprint density at radius 3 is 2.64 bits per heavy atom. The van der Waals surface area contributed by atoms with Gasteiger partial charge in [0.1, 0.15) is 6.23 Å². The third-order valence-electron chi connectivity index (χ3n) is 3.84. The molecule has 2 rings (SSSR count). The molecule has 82 valence electrons. The summed E-state index contributed by atoms with van der Waals surface area (Å²) in [4.78, 5) is 0. The first-order valence-electron chi connectivity index (χ1n) is 5.95. The third kappa shape index (κ3) is 1.81. The Labute approximate surface area is 86.5 Å². The molecule has 2 saturated heterocycles. The Balaban J connectivity index is 2.02. The van der Waals surface area contributed by atoms with Crippen LogP contribution in [0.15, 0.2) is 0 Å². The number of hydrazine groups is 1. The smallest absolute Gasteiger partial charge is 0.122 e. The van der Waals surface area contributed by atoms with E-state index in [9.17, 15) is 5.11 Å². The van der Waals surface area contributed by atoms with Gasteiger partial charge < -0.3 is 5.11 Å². The van der Waals surface area contributed by atoms with Gasteiger partial charge in [0, 0.05) is 18.5 Å². The van der Waals surface area contributed by atoms with Crippen LogP contribution in [0.4, 0.5) is 0 Å². The first-order chi connectivity index (χ1) is 6.74. The van der Waals surface area contributed by atoms with Gasteiger partial charge in [-0.1, -0.05) is 20.3 Å². The van der Waals surface area contributed by atoms with E-state index in [1.54, 1.807) is 0 Å². The second kappa shape index (κ2) is 4.17. The number of nitrogens with zero attached hydrogens (tertiary/aromatic N) is 1. The first kappa shape index (κ1) is 10.4. The molecule has 2 aliphatic heterocycles. The van der Waals surface area contributed by atoms with Crippen molar-refractivity contribution < 1.29 is 5.11 Å². The van der Waals surface area contributed by atoms with E-state index >= 15 is 0 Å². The minimum Gasteiger partial charge on any atom is -0.377 e. The molecule has 0 radical (unpaired) electrons. The highest BCUT2D eigenvalue weighted by Gasteiger charge is 2.39. The predicted octanol–water partition coefficient (Wildman–Crippen LogP) is 1.34. The molecule has 3 nitrogen and oxygen atoms in total. The van der Waals surface area contributed by atoms with Crippen molar-refractivity contribution in [3.63, 3.8) is 0 Å². The summed E-state index contributed by atoms with van der Waals surface area (Å²) in [6.07, 6.45) is 4.52. The number of hydrogen-bond donors (Lipinski definition) is 2. The summed E-state index contributed by atoms with van der Waals surface area (Å²) in [6.45, 7) is 5.48. The van der Waals surface area contributed by atoms with Crippen LogP contribution in [0, 0.1) is 11.8 Å². The second-order valence-corrected chi connectivity index (χ2v) is 4.81.